The van der Waals surface area contributed by atoms with E-state index >= 15 is 0 Å². The molecule has 13 rings (SSSR count). The van der Waals surface area contributed by atoms with E-state index in [9.17, 15) is 0 Å². The van der Waals surface area contributed by atoms with E-state index in [0.29, 0.717) is 17.5 Å². The monoisotopic (exact) mass is 832 g/mol. The Bertz CT molecular complexity index is 3940. The maximum atomic E-state index is 5.37. The number of thiophene rings is 1. The highest BCUT2D eigenvalue weighted by molar-refractivity contribution is 7.26. The summed E-state index contributed by atoms with van der Waals surface area (Å²) in [7, 11) is 0. The Kier molecular flexibility index (Phi) is 8.36. The Labute approximate surface area is 373 Å². The van der Waals surface area contributed by atoms with E-state index in [0.717, 1.165) is 50.1 Å². The smallest absolute Gasteiger partial charge is 0.164 e. The van der Waals surface area contributed by atoms with Gasteiger partial charge in [0.25, 0.3) is 0 Å². The molecule has 0 saturated heterocycles. The van der Waals surface area contributed by atoms with Gasteiger partial charge < -0.3 is 4.57 Å². The van der Waals surface area contributed by atoms with Gasteiger partial charge in [-0.1, -0.05) is 170 Å². The fourth-order valence-electron chi connectivity index (χ4n) is 9.62. The molecule has 298 valence electrons. The normalized spacial score (nSPS) is 11.8. The summed E-state index contributed by atoms with van der Waals surface area (Å²) in [6.45, 7) is 0. The lowest BCUT2D eigenvalue weighted by molar-refractivity contribution is 1.07. The number of hydrogen-bond acceptors (Lipinski definition) is 4. The van der Waals surface area contributed by atoms with Gasteiger partial charge in [-0.25, -0.2) is 15.0 Å². The standard InChI is InChI=1S/C59H36N4S/c1-3-14-37(15-4-1)38-26-28-41(29-27-38)58-60-57(40-17-5-2-6-18-40)61-59(62-58)48-32-31-44(63-51-24-12-11-22-46(51)50-34-42-19-7-8-20-43(42)35-52(50)63)36-49(48)47-23-13-25-53-56(47)55-45-21-10-9-16-39(45)30-33-54(55)64-53/h1-36H. The Balaban J connectivity index is 1.10. The van der Waals surface area contributed by atoms with E-state index in [4.69, 9.17) is 15.0 Å². The van der Waals surface area contributed by atoms with Crippen molar-refractivity contribution in [2.24, 2.45) is 0 Å². The molecule has 0 atom stereocenters. The number of hydrogen-bond donors (Lipinski definition) is 0. The average Bonchev–Trinajstić information content (AvgIpc) is 3.92. The van der Waals surface area contributed by atoms with E-state index in [2.05, 4.69) is 199 Å². The number of benzene rings is 10. The Hall–Kier alpha value is -8.25. The average molecular weight is 833 g/mol. The summed E-state index contributed by atoms with van der Waals surface area (Å²) in [5, 5.41) is 9.87. The zero-order valence-corrected chi connectivity index (χ0v) is 35.3. The summed E-state index contributed by atoms with van der Waals surface area (Å²) in [6, 6.07) is 78.1. The number of nitrogens with zero attached hydrogens (tertiary/aromatic N) is 4. The minimum Gasteiger partial charge on any atom is -0.309 e. The topological polar surface area (TPSA) is 43.6 Å². The van der Waals surface area contributed by atoms with Gasteiger partial charge in [-0.15, -0.1) is 11.3 Å². The van der Waals surface area contributed by atoms with Crippen LogP contribution in [0.15, 0.2) is 218 Å². The second-order valence-corrected chi connectivity index (χ2v) is 17.4. The highest BCUT2D eigenvalue weighted by Crippen LogP contribution is 2.46. The SMILES string of the molecule is c1ccc(-c2ccc(-c3nc(-c4ccccc4)nc(-c4ccc(-n5c6ccccc6c6cc7ccccc7cc65)cc4-c4cccc5sc6ccc7ccccc7c6c45)n3)cc2)cc1. The molecule has 64 heavy (non-hydrogen) atoms. The van der Waals surface area contributed by atoms with Crippen molar-refractivity contribution >= 4 is 74.9 Å². The van der Waals surface area contributed by atoms with Crippen LogP contribution in [0.1, 0.15) is 0 Å². The van der Waals surface area contributed by atoms with Crippen LogP contribution in [0.5, 0.6) is 0 Å². The van der Waals surface area contributed by atoms with Crippen LogP contribution in [0.3, 0.4) is 0 Å². The van der Waals surface area contributed by atoms with Crippen LogP contribution in [0, 0.1) is 0 Å². The molecule has 0 aliphatic carbocycles. The highest BCUT2D eigenvalue weighted by atomic mass is 32.1. The molecule has 0 amide bonds. The molecule has 5 heteroatoms. The molecule has 10 aromatic carbocycles. The quantitative estimate of drug-likeness (QED) is 0.168. The molecule has 0 aliphatic heterocycles. The van der Waals surface area contributed by atoms with Gasteiger partial charge >= 0.3 is 0 Å². The van der Waals surface area contributed by atoms with Crippen molar-refractivity contribution in [2.75, 3.05) is 0 Å². The second kappa shape index (κ2) is 14.7. The van der Waals surface area contributed by atoms with Gasteiger partial charge in [-0.05, 0) is 92.3 Å². The van der Waals surface area contributed by atoms with Gasteiger partial charge in [-0.3, -0.25) is 0 Å². The molecule has 0 unspecified atom stereocenters. The van der Waals surface area contributed by atoms with Crippen LogP contribution in [0.25, 0.3) is 126 Å². The summed E-state index contributed by atoms with van der Waals surface area (Å²) < 4.78 is 4.93. The van der Waals surface area contributed by atoms with Gasteiger partial charge in [0, 0.05) is 53.3 Å². The van der Waals surface area contributed by atoms with Gasteiger partial charge in [0.1, 0.15) is 0 Å². The van der Waals surface area contributed by atoms with Crippen molar-refractivity contribution in [1.82, 2.24) is 19.5 Å². The molecule has 4 nitrogen and oxygen atoms in total. The van der Waals surface area contributed by atoms with Gasteiger partial charge in [0.15, 0.2) is 17.5 Å². The first kappa shape index (κ1) is 36.4. The van der Waals surface area contributed by atoms with Gasteiger partial charge in [0.2, 0.25) is 0 Å². The largest absolute Gasteiger partial charge is 0.309 e. The lowest BCUT2D eigenvalue weighted by Crippen LogP contribution is -2.02. The molecule has 0 bridgehead atoms. The molecule has 0 spiro atoms. The van der Waals surface area contributed by atoms with Crippen molar-refractivity contribution in [1.29, 1.82) is 0 Å². The van der Waals surface area contributed by atoms with E-state index in [-0.39, 0.29) is 0 Å². The first-order valence-corrected chi connectivity index (χ1v) is 22.4. The molecule has 0 fully saturated rings. The molecule has 0 N–H and O–H groups in total. The number of aromatic nitrogens is 4. The molecule has 3 aromatic heterocycles. The fourth-order valence-corrected chi connectivity index (χ4v) is 10.8. The second-order valence-electron chi connectivity index (χ2n) is 16.4. The summed E-state index contributed by atoms with van der Waals surface area (Å²) in [5.41, 5.74) is 10.7. The lowest BCUT2D eigenvalue weighted by Gasteiger charge is -2.16. The van der Waals surface area contributed by atoms with Crippen molar-refractivity contribution in [3.8, 4) is 62.1 Å². The number of para-hydroxylation sites is 1. The molecular formula is C59H36N4S. The lowest BCUT2D eigenvalue weighted by atomic mass is 9.93. The zero-order valence-electron chi connectivity index (χ0n) is 34.5. The minimum atomic E-state index is 0.618. The summed E-state index contributed by atoms with van der Waals surface area (Å²) in [4.78, 5) is 15.8. The van der Waals surface area contributed by atoms with Crippen LogP contribution >= 0.6 is 11.3 Å². The third-order valence-electron chi connectivity index (χ3n) is 12.6. The van der Waals surface area contributed by atoms with Crippen LogP contribution in [0.2, 0.25) is 0 Å². The van der Waals surface area contributed by atoms with E-state index in [1.165, 1.54) is 58.1 Å². The summed E-state index contributed by atoms with van der Waals surface area (Å²) >= 11 is 1.85. The predicted octanol–water partition coefficient (Wildman–Crippen LogP) is 16.0. The van der Waals surface area contributed by atoms with Crippen LogP contribution < -0.4 is 0 Å². The third kappa shape index (κ3) is 5.93. The maximum absolute atomic E-state index is 5.37. The van der Waals surface area contributed by atoms with E-state index in [1.807, 2.05) is 35.6 Å². The van der Waals surface area contributed by atoms with Gasteiger partial charge in [0.05, 0.1) is 11.0 Å². The highest BCUT2D eigenvalue weighted by Gasteiger charge is 2.22. The molecule has 0 aliphatic rings. The van der Waals surface area contributed by atoms with Crippen molar-refractivity contribution in [3.05, 3.63) is 218 Å². The first-order chi connectivity index (χ1) is 31.7. The predicted molar refractivity (Wildman–Crippen MR) is 269 cm³/mol. The first-order valence-electron chi connectivity index (χ1n) is 21.6. The number of rotatable bonds is 6. The van der Waals surface area contributed by atoms with Crippen molar-refractivity contribution < 1.29 is 0 Å². The molecule has 3 heterocycles. The van der Waals surface area contributed by atoms with Crippen LogP contribution in [0.4, 0.5) is 0 Å². The van der Waals surface area contributed by atoms with Gasteiger partial charge in [-0.2, -0.15) is 0 Å². The summed E-state index contributed by atoms with van der Waals surface area (Å²) in [6.07, 6.45) is 0. The van der Waals surface area contributed by atoms with Crippen LogP contribution in [-0.4, -0.2) is 19.5 Å². The maximum Gasteiger partial charge on any atom is 0.164 e. The minimum absolute atomic E-state index is 0.618. The molecule has 0 saturated carbocycles. The van der Waals surface area contributed by atoms with E-state index < -0.39 is 0 Å². The Morgan fingerprint density at radius 3 is 1.69 bits per heavy atom. The van der Waals surface area contributed by atoms with Crippen molar-refractivity contribution in [3.63, 3.8) is 0 Å². The molecule has 0 radical (unpaired) electrons. The van der Waals surface area contributed by atoms with Crippen molar-refractivity contribution in [2.45, 2.75) is 0 Å². The van der Waals surface area contributed by atoms with E-state index in [1.54, 1.807) is 0 Å². The molecular weight excluding hydrogens is 797 g/mol. The fraction of sp³-hybridized carbons (Fsp3) is 0. The number of fused-ring (bicyclic) bond motifs is 9. The Morgan fingerprint density at radius 2 is 0.906 bits per heavy atom. The third-order valence-corrected chi connectivity index (χ3v) is 13.8. The summed E-state index contributed by atoms with van der Waals surface area (Å²) in [5.74, 6) is 1.87. The Morgan fingerprint density at radius 1 is 0.312 bits per heavy atom. The zero-order chi connectivity index (χ0) is 42.1. The van der Waals surface area contributed by atoms with Crippen LogP contribution in [-0.2, 0) is 0 Å². The molecule has 13 aromatic rings.